The van der Waals surface area contributed by atoms with Crippen molar-refractivity contribution in [2.45, 2.75) is 57.5 Å². The molecule has 208 valence electrons. The van der Waals surface area contributed by atoms with Gasteiger partial charge in [0.15, 0.2) is 0 Å². The van der Waals surface area contributed by atoms with Crippen LogP contribution in [-0.4, -0.2) is 22.9 Å². The van der Waals surface area contributed by atoms with Crippen LogP contribution < -0.4 is 5.43 Å². The monoisotopic (exact) mass is 580 g/mol. The molecule has 0 spiro atoms. The summed E-state index contributed by atoms with van der Waals surface area (Å²) in [4.78, 5) is 0. The third-order valence-electron chi connectivity index (χ3n) is 6.99. The van der Waals surface area contributed by atoms with Gasteiger partial charge >= 0.3 is 246 Å². The van der Waals surface area contributed by atoms with Crippen LogP contribution in [0.1, 0.15) is 57.1 Å². The first-order chi connectivity index (χ1) is 19.5. The third-order valence-corrected chi connectivity index (χ3v) is 7.47. The molecule has 2 aromatic carbocycles. The normalized spacial score (nSPS) is 20.3. The molecule has 2 aromatic rings. The van der Waals surface area contributed by atoms with Crippen LogP contribution in [0, 0.1) is 45.1 Å². The number of nitrogens with zero attached hydrogens (tertiary/aromatic N) is 1. The van der Waals surface area contributed by atoms with Gasteiger partial charge in [0.25, 0.3) is 0 Å². The Balaban J connectivity index is 0. The number of ether oxygens (including phenoxy) is 1. The van der Waals surface area contributed by atoms with Gasteiger partial charge < -0.3 is 0 Å². The average molecular weight is 581 g/mol. The van der Waals surface area contributed by atoms with Gasteiger partial charge in [-0.2, -0.15) is 0 Å². The Morgan fingerprint density at radius 1 is 0.850 bits per heavy atom. The van der Waals surface area contributed by atoms with Crippen molar-refractivity contribution in [2.75, 3.05) is 6.54 Å². The Morgan fingerprint density at radius 2 is 1.35 bits per heavy atom. The Hall–Kier alpha value is -3.03. The van der Waals surface area contributed by atoms with Gasteiger partial charge in [-0.05, 0) is 0 Å². The second-order valence-electron chi connectivity index (χ2n) is 9.38. The minimum atomic E-state index is 0.0565. The number of nitrogens with one attached hydrogen (secondary N) is 1. The fourth-order valence-electron chi connectivity index (χ4n) is 5.11. The van der Waals surface area contributed by atoms with E-state index in [1.165, 1.54) is 24.0 Å². The Labute approximate surface area is 245 Å². The molecule has 1 saturated carbocycles. The number of hydrogen-bond donors (Lipinski definition) is 1. The van der Waals surface area contributed by atoms with Gasteiger partial charge in [0.1, 0.15) is 0 Å². The van der Waals surface area contributed by atoms with Crippen LogP contribution in [0.2, 0.25) is 0 Å². The fourth-order valence-corrected chi connectivity index (χ4v) is 5.60. The van der Waals surface area contributed by atoms with Crippen molar-refractivity contribution in [1.82, 2.24) is 5.43 Å². The van der Waals surface area contributed by atoms with Crippen molar-refractivity contribution in [2.24, 2.45) is 16.9 Å². The van der Waals surface area contributed by atoms with Crippen molar-refractivity contribution in [3.8, 4) is 0 Å². The first-order valence-corrected chi connectivity index (χ1v) is 12.7. The van der Waals surface area contributed by atoms with E-state index in [1.807, 2.05) is 0 Å². The predicted octanol–water partition coefficient (Wildman–Crippen LogP) is 5.02. The Kier molecular flexibility index (Phi) is 22.3. The molecule has 0 radical (unpaired) electrons. The van der Waals surface area contributed by atoms with E-state index in [-0.39, 0.29) is 17.4 Å². The van der Waals surface area contributed by atoms with E-state index in [1.54, 1.807) is 0 Å². The van der Waals surface area contributed by atoms with Crippen LogP contribution in [0.25, 0.3) is 0 Å². The van der Waals surface area contributed by atoms with E-state index in [2.05, 4.69) is 141 Å². The molecule has 9 heteroatoms. The van der Waals surface area contributed by atoms with Gasteiger partial charge in [0.2, 0.25) is 0 Å². The van der Waals surface area contributed by atoms with Crippen LogP contribution in [0.15, 0.2) is 65.8 Å². The zero-order valence-corrected chi connectivity index (χ0v) is 24.0. The predicted molar refractivity (Wildman–Crippen MR) is 140 cm³/mol. The quantitative estimate of drug-likeness (QED) is 0.380. The maximum absolute atomic E-state index is 7.50. The van der Waals surface area contributed by atoms with Gasteiger partial charge in [0, 0.05) is 0 Å². The SMILES string of the molecule is C[C@@H]1CC[C@@H](C(C)(C)c2ccccc2)[C@H](O[C](=[Cr])C2=NNC[C@@H]2c2ccccc2)C1.[C-]#[O+].[C-]#[O+].[C-]#[O+].[C-]#[O+].[C-]#[O+]. The minimum absolute atomic E-state index is 0.0565. The first kappa shape index (κ1) is 39.1. The van der Waals surface area contributed by atoms with Crippen LogP contribution in [-0.2, 0) is 49.3 Å². The number of hydrazone groups is 1. The van der Waals surface area contributed by atoms with Crippen LogP contribution >= 0.6 is 0 Å². The van der Waals surface area contributed by atoms with Gasteiger partial charge in [-0.15, -0.1) is 0 Å². The molecule has 4 atom stereocenters. The molecule has 0 bridgehead atoms. The summed E-state index contributed by atoms with van der Waals surface area (Å²) in [5.74, 6) is 1.37. The topological polar surface area (TPSA) is 133 Å². The van der Waals surface area contributed by atoms with Crippen LogP contribution in [0.3, 0.4) is 0 Å². The Bertz CT molecular complexity index is 1090. The van der Waals surface area contributed by atoms with E-state index in [0.717, 1.165) is 23.2 Å². The van der Waals surface area contributed by atoms with E-state index in [4.69, 9.17) is 28.0 Å². The first-order valence-electron chi connectivity index (χ1n) is 12.1. The fraction of sp³-hybridized carbons (Fsp3) is 0.387. The van der Waals surface area contributed by atoms with Crippen LogP contribution in [0.4, 0.5) is 0 Å². The zero-order chi connectivity index (χ0) is 31.1. The average Bonchev–Trinajstić information content (AvgIpc) is 3.54. The molecule has 0 aromatic heterocycles. The standard InChI is InChI=1S/C26H32N2O.5CO.Cr/c1-19-14-15-23(26(2,3)21-12-8-5-9-13-21)25(16-19)29-18-24-22(17-27-28-24)20-10-6-4-7-11-20;5*1-2;/h4-13,19,22-23,25,27H,14-17H2,1-3H3;;;;;;/t19-,22-,23-,25-;;;;;;/m1....../s1. The summed E-state index contributed by atoms with van der Waals surface area (Å²) in [7, 11) is 0. The Morgan fingerprint density at radius 3 is 1.88 bits per heavy atom. The zero-order valence-electron chi connectivity index (χ0n) is 22.7. The molecular weight excluding hydrogens is 548 g/mol. The summed E-state index contributed by atoms with van der Waals surface area (Å²) in [6, 6.07) is 21.5. The van der Waals surface area contributed by atoms with Gasteiger partial charge in [-0.1, -0.05) is 0 Å². The molecule has 8 nitrogen and oxygen atoms in total. The van der Waals surface area contributed by atoms with Crippen molar-refractivity contribution >= 4 is 10.3 Å². The summed E-state index contributed by atoms with van der Waals surface area (Å²) >= 11 is 3.22. The molecule has 1 heterocycles. The van der Waals surface area contributed by atoms with E-state index in [9.17, 15) is 0 Å². The molecule has 40 heavy (non-hydrogen) atoms. The van der Waals surface area contributed by atoms with Crippen molar-refractivity contribution < 1.29 is 43.8 Å². The molecular formula is C31H32CrN2O6. The molecule has 1 aliphatic carbocycles. The van der Waals surface area contributed by atoms with E-state index in [0.29, 0.717) is 11.8 Å². The summed E-state index contributed by atoms with van der Waals surface area (Å²) in [6.07, 6.45) is 3.72. The maximum atomic E-state index is 7.50. The molecule has 0 amide bonds. The molecule has 4 rings (SSSR count). The molecule has 1 fully saturated rings. The van der Waals surface area contributed by atoms with Gasteiger partial charge in [-0.3, -0.25) is 0 Å². The van der Waals surface area contributed by atoms with E-state index >= 15 is 0 Å². The molecule has 1 aliphatic heterocycles. The number of benzene rings is 2. The van der Waals surface area contributed by atoms with Gasteiger partial charge in [-0.25, -0.2) is 0 Å². The number of rotatable bonds is 6. The van der Waals surface area contributed by atoms with Gasteiger partial charge in [0.05, 0.1) is 0 Å². The van der Waals surface area contributed by atoms with Crippen molar-refractivity contribution in [1.29, 1.82) is 0 Å². The molecule has 0 saturated heterocycles. The van der Waals surface area contributed by atoms with Crippen molar-refractivity contribution in [3.05, 3.63) is 105 Å². The van der Waals surface area contributed by atoms with Crippen molar-refractivity contribution in [3.63, 3.8) is 0 Å². The number of hydrogen-bond acceptors (Lipinski definition) is 3. The van der Waals surface area contributed by atoms with E-state index < -0.39 is 0 Å². The molecule has 0 unspecified atom stereocenters. The summed E-state index contributed by atoms with van der Waals surface area (Å²) < 4.78 is 45.1. The summed E-state index contributed by atoms with van der Waals surface area (Å²) in [5.41, 5.74) is 6.90. The molecule has 1 N–H and O–H groups in total. The summed E-state index contributed by atoms with van der Waals surface area (Å²) in [6.45, 7) is 30.4. The summed E-state index contributed by atoms with van der Waals surface area (Å²) in [5, 5.41) is 4.60. The molecule has 2 aliphatic rings. The third kappa shape index (κ3) is 11.2. The van der Waals surface area contributed by atoms with Crippen LogP contribution in [0.5, 0.6) is 0 Å². The second kappa shape index (κ2) is 22.8. The second-order valence-corrected chi connectivity index (χ2v) is 9.96.